The van der Waals surface area contributed by atoms with Gasteiger partial charge in [0.25, 0.3) is 5.91 Å². The van der Waals surface area contributed by atoms with E-state index in [1.807, 2.05) is 19.1 Å². The van der Waals surface area contributed by atoms with Crippen LogP contribution in [0.1, 0.15) is 46.8 Å². The summed E-state index contributed by atoms with van der Waals surface area (Å²) in [6.45, 7) is 1.92. The molecule has 118 valence electrons. The van der Waals surface area contributed by atoms with E-state index < -0.39 is 0 Å². The van der Waals surface area contributed by atoms with E-state index in [4.69, 9.17) is 0 Å². The monoisotopic (exact) mass is 370 g/mol. The van der Waals surface area contributed by atoms with Gasteiger partial charge in [-0.1, -0.05) is 34.1 Å². The van der Waals surface area contributed by atoms with Gasteiger partial charge in [0, 0.05) is 10.0 Å². The quantitative estimate of drug-likeness (QED) is 0.627. The molecule has 0 spiro atoms. The fraction of sp³-hybridized carbons (Fsp3) is 0.263. The van der Waals surface area contributed by atoms with E-state index in [1.54, 1.807) is 12.1 Å². The largest absolute Gasteiger partial charge is 0.271 e. The molecule has 1 aliphatic carbocycles. The first-order chi connectivity index (χ1) is 11.1. The number of carbonyl (C=O) groups is 1. The number of benzene rings is 2. The van der Waals surface area contributed by atoms with Gasteiger partial charge in [-0.2, -0.15) is 5.10 Å². The minimum Gasteiger partial charge on any atom is -0.267 e. The van der Waals surface area contributed by atoms with Crippen molar-refractivity contribution >= 4 is 27.5 Å². The third-order valence-corrected chi connectivity index (χ3v) is 4.67. The molecule has 0 fully saturated rings. The summed E-state index contributed by atoms with van der Waals surface area (Å²) in [4.78, 5) is 12.1. The fourth-order valence-corrected chi connectivity index (χ4v) is 3.25. The molecule has 2 aromatic rings. The number of nitrogens with one attached hydrogen (secondary N) is 1. The summed E-state index contributed by atoms with van der Waals surface area (Å²) in [5.74, 6) is -0.205. The van der Waals surface area contributed by atoms with Crippen LogP contribution < -0.4 is 5.43 Å². The van der Waals surface area contributed by atoms with Crippen molar-refractivity contribution < 1.29 is 4.79 Å². The molecule has 0 aromatic heterocycles. The van der Waals surface area contributed by atoms with Crippen LogP contribution in [-0.2, 0) is 12.8 Å². The first-order valence-electron chi connectivity index (χ1n) is 7.86. The molecule has 3 rings (SSSR count). The molecular weight excluding hydrogens is 352 g/mol. The van der Waals surface area contributed by atoms with Crippen LogP contribution in [0.25, 0.3) is 0 Å². The summed E-state index contributed by atoms with van der Waals surface area (Å²) in [5.41, 5.74) is 7.98. The molecule has 1 N–H and O–H groups in total. The molecule has 1 amide bonds. The third-order valence-electron chi connectivity index (χ3n) is 4.18. The molecule has 3 nitrogen and oxygen atoms in total. The molecular formula is C19H19BrN2O. The van der Waals surface area contributed by atoms with Crippen molar-refractivity contribution in [2.24, 2.45) is 5.10 Å². The maximum absolute atomic E-state index is 12.1. The molecule has 4 heteroatoms. The zero-order chi connectivity index (χ0) is 16.2. The van der Waals surface area contributed by atoms with Crippen molar-refractivity contribution in [3.8, 4) is 0 Å². The molecule has 0 aliphatic heterocycles. The van der Waals surface area contributed by atoms with Gasteiger partial charge in [0.15, 0.2) is 0 Å². The normalized spacial score (nSPS) is 14.3. The van der Waals surface area contributed by atoms with Gasteiger partial charge in [0.2, 0.25) is 0 Å². The van der Waals surface area contributed by atoms with E-state index in [2.05, 4.69) is 44.7 Å². The highest BCUT2D eigenvalue weighted by Crippen LogP contribution is 2.22. The Morgan fingerprint density at radius 3 is 2.61 bits per heavy atom. The number of nitrogens with zero attached hydrogens (tertiary/aromatic N) is 1. The van der Waals surface area contributed by atoms with Gasteiger partial charge in [-0.25, -0.2) is 5.43 Å². The molecule has 0 saturated carbocycles. The topological polar surface area (TPSA) is 41.5 Å². The Morgan fingerprint density at radius 1 is 1.04 bits per heavy atom. The second-order valence-electron chi connectivity index (χ2n) is 5.84. The van der Waals surface area contributed by atoms with Crippen molar-refractivity contribution in [1.29, 1.82) is 0 Å². The molecule has 0 radical (unpaired) electrons. The number of hydrazone groups is 1. The Hall–Kier alpha value is -1.94. The zero-order valence-corrected chi connectivity index (χ0v) is 14.7. The second-order valence-corrected chi connectivity index (χ2v) is 6.75. The predicted octanol–water partition coefficient (Wildman–Crippen LogP) is 4.48. The summed E-state index contributed by atoms with van der Waals surface area (Å²) in [6, 6.07) is 13.8. The van der Waals surface area contributed by atoms with Gasteiger partial charge in [-0.15, -0.1) is 0 Å². The summed E-state index contributed by atoms with van der Waals surface area (Å²) in [5, 5.41) is 4.25. The van der Waals surface area contributed by atoms with Crippen molar-refractivity contribution in [3.63, 3.8) is 0 Å². The number of carbonyl (C=O) groups excluding carboxylic acids is 1. The van der Waals surface area contributed by atoms with Gasteiger partial charge >= 0.3 is 0 Å². The highest BCUT2D eigenvalue weighted by Gasteiger charge is 2.11. The van der Waals surface area contributed by atoms with Crippen LogP contribution in [0.3, 0.4) is 0 Å². The molecule has 0 heterocycles. The molecule has 0 saturated heterocycles. The minimum atomic E-state index is -0.205. The highest BCUT2D eigenvalue weighted by atomic mass is 79.9. The Morgan fingerprint density at radius 2 is 1.83 bits per heavy atom. The minimum absolute atomic E-state index is 0.205. The maximum Gasteiger partial charge on any atom is 0.271 e. The summed E-state index contributed by atoms with van der Waals surface area (Å²) < 4.78 is 0.875. The van der Waals surface area contributed by atoms with Crippen LogP contribution >= 0.6 is 15.9 Å². The van der Waals surface area contributed by atoms with Crippen LogP contribution in [0.2, 0.25) is 0 Å². The van der Waals surface area contributed by atoms with Gasteiger partial charge in [0.05, 0.1) is 5.71 Å². The first kappa shape index (κ1) is 15.9. The Kier molecular flexibility index (Phi) is 4.91. The number of fused-ring (bicyclic) bond motifs is 1. The van der Waals surface area contributed by atoms with Crippen molar-refractivity contribution in [2.45, 2.75) is 32.6 Å². The first-order valence-corrected chi connectivity index (χ1v) is 8.65. The Balaban J connectivity index is 1.73. The Bertz CT molecular complexity index is 768. The fourth-order valence-electron chi connectivity index (χ4n) is 2.85. The number of rotatable bonds is 3. The lowest BCUT2D eigenvalue weighted by Crippen LogP contribution is -2.19. The van der Waals surface area contributed by atoms with E-state index in [1.165, 1.54) is 30.4 Å². The summed E-state index contributed by atoms with van der Waals surface area (Å²) >= 11 is 3.37. The van der Waals surface area contributed by atoms with Crippen LogP contribution in [0.4, 0.5) is 0 Å². The molecule has 0 unspecified atom stereocenters. The van der Waals surface area contributed by atoms with Crippen LogP contribution in [0, 0.1) is 0 Å². The molecule has 0 atom stereocenters. The van der Waals surface area contributed by atoms with Gasteiger partial charge < -0.3 is 0 Å². The highest BCUT2D eigenvalue weighted by molar-refractivity contribution is 9.10. The van der Waals surface area contributed by atoms with E-state index in [0.717, 1.165) is 22.2 Å². The van der Waals surface area contributed by atoms with E-state index in [9.17, 15) is 4.79 Å². The number of aryl methyl sites for hydroxylation is 2. The van der Waals surface area contributed by atoms with Gasteiger partial charge in [0.1, 0.15) is 0 Å². The van der Waals surface area contributed by atoms with Crippen LogP contribution in [-0.4, -0.2) is 11.6 Å². The van der Waals surface area contributed by atoms with Crippen molar-refractivity contribution in [1.82, 2.24) is 5.43 Å². The van der Waals surface area contributed by atoms with E-state index in [0.29, 0.717) is 5.56 Å². The SMILES string of the molecule is C/C(=N\NC(=O)c1cccc(Br)c1)c1ccc2c(c1)CCCC2. The summed E-state index contributed by atoms with van der Waals surface area (Å²) in [7, 11) is 0. The second kappa shape index (κ2) is 7.09. The zero-order valence-electron chi connectivity index (χ0n) is 13.1. The lowest BCUT2D eigenvalue weighted by molar-refractivity contribution is 0.0955. The average Bonchev–Trinajstić information content (AvgIpc) is 2.59. The molecule has 1 aliphatic rings. The molecule has 2 aromatic carbocycles. The smallest absolute Gasteiger partial charge is 0.267 e. The van der Waals surface area contributed by atoms with E-state index in [-0.39, 0.29) is 5.91 Å². The van der Waals surface area contributed by atoms with E-state index >= 15 is 0 Å². The van der Waals surface area contributed by atoms with Gasteiger partial charge in [-0.3, -0.25) is 4.79 Å². The van der Waals surface area contributed by atoms with Crippen molar-refractivity contribution in [2.75, 3.05) is 0 Å². The lowest BCUT2D eigenvalue weighted by Gasteiger charge is -2.16. The third kappa shape index (κ3) is 3.88. The number of halogens is 1. The number of hydrogen-bond acceptors (Lipinski definition) is 2. The number of hydrogen-bond donors (Lipinski definition) is 1. The number of amides is 1. The van der Waals surface area contributed by atoms with Crippen LogP contribution in [0.15, 0.2) is 52.0 Å². The average molecular weight is 371 g/mol. The van der Waals surface area contributed by atoms with Gasteiger partial charge in [-0.05, 0) is 73.6 Å². The molecule has 0 bridgehead atoms. The predicted molar refractivity (Wildman–Crippen MR) is 96.9 cm³/mol. The Labute approximate surface area is 144 Å². The van der Waals surface area contributed by atoms with Crippen LogP contribution in [0.5, 0.6) is 0 Å². The molecule has 23 heavy (non-hydrogen) atoms. The standard InChI is InChI=1S/C19H19BrN2O/c1-13(15-10-9-14-5-2-3-6-16(14)11-15)21-22-19(23)17-7-4-8-18(20)12-17/h4,7-12H,2-3,5-6H2,1H3,(H,22,23)/b21-13+. The lowest BCUT2D eigenvalue weighted by atomic mass is 9.90. The summed E-state index contributed by atoms with van der Waals surface area (Å²) in [6.07, 6.45) is 4.85. The van der Waals surface area contributed by atoms with Crippen molar-refractivity contribution in [3.05, 3.63) is 69.2 Å². The maximum atomic E-state index is 12.1.